The molecular formula is C33H30F2N2O5. The van der Waals surface area contributed by atoms with Crippen LogP contribution in [-0.4, -0.2) is 48.0 Å². The molecule has 0 fully saturated rings. The Hall–Kier alpha value is -5.05. The summed E-state index contributed by atoms with van der Waals surface area (Å²) < 4.78 is 33.1. The van der Waals surface area contributed by atoms with E-state index in [4.69, 9.17) is 4.74 Å². The monoisotopic (exact) mass is 572 g/mol. The normalized spacial score (nSPS) is 10.6. The summed E-state index contributed by atoms with van der Waals surface area (Å²) in [5, 5.41) is 12.0. The van der Waals surface area contributed by atoms with E-state index in [2.05, 4.69) is 5.32 Å². The molecule has 216 valence electrons. The summed E-state index contributed by atoms with van der Waals surface area (Å²) in [5.41, 5.74) is 2.34. The maximum Gasteiger partial charge on any atom is 0.305 e. The van der Waals surface area contributed by atoms with Crippen LogP contribution in [0.25, 0.3) is 11.1 Å². The number of carboxylic acids is 1. The van der Waals surface area contributed by atoms with Crippen molar-refractivity contribution >= 4 is 17.8 Å². The molecular weight excluding hydrogens is 542 g/mol. The summed E-state index contributed by atoms with van der Waals surface area (Å²) in [6, 6.07) is 23.9. The summed E-state index contributed by atoms with van der Waals surface area (Å²) >= 11 is 0. The predicted octanol–water partition coefficient (Wildman–Crippen LogP) is 5.73. The average molecular weight is 573 g/mol. The highest BCUT2D eigenvalue weighted by Crippen LogP contribution is 2.29. The SMILES string of the molecule is COc1ccccc1CCN(CCC(=O)O)C(=O)c1ccccc1-c1ccccc1C(=O)NCc1cc(F)ccc1F. The number of carbonyl (C=O) groups excluding carboxylic acids is 2. The van der Waals surface area contributed by atoms with Crippen LogP contribution in [0.15, 0.2) is 91.0 Å². The lowest BCUT2D eigenvalue weighted by atomic mass is 9.94. The summed E-state index contributed by atoms with van der Waals surface area (Å²) in [6.45, 7) is -0.00954. The molecule has 0 heterocycles. The Morgan fingerprint density at radius 1 is 0.810 bits per heavy atom. The lowest BCUT2D eigenvalue weighted by molar-refractivity contribution is -0.137. The third kappa shape index (κ3) is 7.37. The summed E-state index contributed by atoms with van der Waals surface area (Å²) in [5.74, 6) is -2.55. The van der Waals surface area contributed by atoms with E-state index >= 15 is 0 Å². The van der Waals surface area contributed by atoms with Gasteiger partial charge in [-0.15, -0.1) is 0 Å². The number of rotatable bonds is 12. The molecule has 9 heteroatoms. The fourth-order valence-electron chi connectivity index (χ4n) is 4.65. The van der Waals surface area contributed by atoms with Gasteiger partial charge in [0.25, 0.3) is 11.8 Å². The second kappa shape index (κ2) is 14.0. The number of para-hydroxylation sites is 1. The number of halogens is 2. The van der Waals surface area contributed by atoms with Crippen LogP contribution in [0.3, 0.4) is 0 Å². The lowest BCUT2D eigenvalue weighted by Gasteiger charge is -2.24. The molecule has 4 rings (SSSR count). The average Bonchev–Trinajstić information content (AvgIpc) is 3.01. The number of benzene rings is 4. The van der Waals surface area contributed by atoms with Gasteiger partial charge in [0.1, 0.15) is 17.4 Å². The topological polar surface area (TPSA) is 95.9 Å². The minimum absolute atomic E-state index is 0.000489. The lowest BCUT2D eigenvalue weighted by Crippen LogP contribution is -2.35. The number of hydrogen-bond acceptors (Lipinski definition) is 4. The van der Waals surface area contributed by atoms with Crippen LogP contribution in [-0.2, 0) is 17.8 Å². The van der Waals surface area contributed by atoms with Gasteiger partial charge in [0.2, 0.25) is 0 Å². The van der Waals surface area contributed by atoms with E-state index < -0.39 is 29.4 Å². The second-order valence-corrected chi connectivity index (χ2v) is 9.51. The van der Waals surface area contributed by atoms with Gasteiger partial charge in [-0.25, -0.2) is 8.78 Å². The Labute approximate surface area is 242 Å². The Bertz CT molecular complexity index is 1590. The molecule has 4 aromatic carbocycles. The maximum absolute atomic E-state index is 14.1. The van der Waals surface area contributed by atoms with Crippen molar-refractivity contribution in [3.05, 3.63) is 125 Å². The molecule has 0 atom stereocenters. The van der Waals surface area contributed by atoms with Gasteiger partial charge in [-0.2, -0.15) is 0 Å². The number of aliphatic carboxylic acids is 1. The largest absolute Gasteiger partial charge is 0.496 e. The van der Waals surface area contributed by atoms with Crippen LogP contribution < -0.4 is 10.1 Å². The predicted molar refractivity (Wildman–Crippen MR) is 154 cm³/mol. The molecule has 0 bridgehead atoms. The van der Waals surface area contributed by atoms with E-state index in [9.17, 15) is 28.3 Å². The van der Waals surface area contributed by atoms with Crippen LogP contribution in [0.1, 0.15) is 38.3 Å². The molecule has 42 heavy (non-hydrogen) atoms. The van der Waals surface area contributed by atoms with E-state index in [0.717, 1.165) is 23.8 Å². The first kappa shape index (κ1) is 29.9. The van der Waals surface area contributed by atoms with Crippen molar-refractivity contribution in [3.63, 3.8) is 0 Å². The molecule has 0 aliphatic carbocycles. The molecule has 0 unspecified atom stereocenters. The number of carboxylic acid groups (broad SMARTS) is 1. The highest BCUT2D eigenvalue weighted by Gasteiger charge is 2.23. The Balaban J connectivity index is 1.62. The molecule has 0 aliphatic rings. The first-order valence-corrected chi connectivity index (χ1v) is 13.3. The Morgan fingerprint density at radius 3 is 2.17 bits per heavy atom. The minimum atomic E-state index is -1.03. The molecule has 0 spiro atoms. The van der Waals surface area contributed by atoms with Crippen LogP contribution in [0.5, 0.6) is 5.75 Å². The number of hydrogen-bond donors (Lipinski definition) is 2. The van der Waals surface area contributed by atoms with Crippen molar-refractivity contribution in [1.82, 2.24) is 10.2 Å². The third-order valence-corrected chi connectivity index (χ3v) is 6.79. The van der Waals surface area contributed by atoms with Crippen molar-refractivity contribution in [2.45, 2.75) is 19.4 Å². The number of carbonyl (C=O) groups is 3. The van der Waals surface area contributed by atoms with Crippen molar-refractivity contribution in [2.24, 2.45) is 0 Å². The van der Waals surface area contributed by atoms with Gasteiger partial charge in [-0.3, -0.25) is 14.4 Å². The number of amides is 2. The molecule has 0 aromatic heterocycles. The van der Waals surface area contributed by atoms with Gasteiger partial charge in [0.15, 0.2) is 0 Å². The molecule has 0 saturated heterocycles. The molecule has 4 aromatic rings. The van der Waals surface area contributed by atoms with E-state index in [-0.39, 0.29) is 37.2 Å². The maximum atomic E-state index is 14.1. The fraction of sp³-hybridized carbons (Fsp3) is 0.182. The smallest absolute Gasteiger partial charge is 0.305 e. The molecule has 2 amide bonds. The van der Waals surface area contributed by atoms with E-state index in [1.54, 1.807) is 55.6 Å². The van der Waals surface area contributed by atoms with Crippen LogP contribution >= 0.6 is 0 Å². The van der Waals surface area contributed by atoms with Gasteiger partial charge >= 0.3 is 5.97 Å². The van der Waals surface area contributed by atoms with Gasteiger partial charge in [-0.1, -0.05) is 54.6 Å². The minimum Gasteiger partial charge on any atom is -0.496 e. The number of methoxy groups -OCH3 is 1. The van der Waals surface area contributed by atoms with Crippen molar-refractivity contribution in [1.29, 1.82) is 0 Å². The van der Waals surface area contributed by atoms with E-state index in [1.165, 1.54) is 4.90 Å². The molecule has 7 nitrogen and oxygen atoms in total. The number of nitrogens with zero attached hydrogens (tertiary/aromatic N) is 1. The van der Waals surface area contributed by atoms with E-state index in [1.807, 2.05) is 24.3 Å². The molecule has 2 N–H and O–H groups in total. The van der Waals surface area contributed by atoms with Crippen LogP contribution in [0.4, 0.5) is 8.78 Å². The molecule has 0 aliphatic heterocycles. The second-order valence-electron chi connectivity index (χ2n) is 9.51. The van der Waals surface area contributed by atoms with Crippen molar-refractivity contribution < 1.29 is 33.0 Å². The number of ether oxygens (including phenoxy) is 1. The van der Waals surface area contributed by atoms with Gasteiger partial charge < -0.3 is 20.1 Å². The van der Waals surface area contributed by atoms with Crippen LogP contribution in [0.2, 0.25) is 0 Å². The summed E-state index contributed by atoms with van der Waals surface area (Å²) in [6.07, 6.45) is 0.197. The van der Waals surface area contributed by atoms with Gasteiger partial charge in [-0.05, 0) is 59.5 Å². The fourth-order valence-corrected chi connectivity index (χ4v) is 4.65. The van der Waals surface area contributed by atoms with Crippen molar-refractivity contribution in [2.75, 3.05) is 20.2 Å². The first-order valence-electron chi connectivity index (χ1n) is 13.3. The van der Waals surface area contributed by atoms with E-state index in [0.29, 0.717) is 28.9 Å². The van der Waals surface area contributed by atoms with Gasteiger partial charge in [0.05, 0.1) is 13.5 Å². The zero-order valence-corrected chi connectivity index (χ0v) is 23.0. The van der Waals surface area contributed by atoms with Crippen molar-refractivity contribution in [3.8, 4) is 16.9 Å². The zero-order valence-electron chi connectivity index (χ0n) is 23.0. The highest BCUT2D eigenvalue weighted by molar-refractivity contribution is 6.06. The zero-order chi connectivity index (χ0) is 30.1. The third-order valence-electron chi connectivity index (χ3n) is 6.79. The summed E-state index contributed by atoms with van der Waals surface area (Å²) in [7, 11) is 1.56. The van der Waals surface area contributed by atoms with Crippen LogP contribution in [0, 0.1) is 11.6 Å². The highest BCUT2D eigenvalue weighted by atomic mass is 19.1. The quantitative estimate of drug-likeness (QED) is 0.226. The molecule has 0 radical (unpaired) electrons. The molecule has 0 saturated carbocycles. The first-order chi connectivity index (χ1) is 20.3. The van der Waals surface area contributed by atoms with Gasteiger partial charge in [0, 0.05) is 36.3 Å². The number of nitrogens with one attached hydrogen (secondary N) is 1. The Kier molecular flexibility index (Phi) is 9.99. The standard InChI is InChI=1S/C33H30F2N2O5/c1-42-30-13-7-2-8-22(30)16-18-37(19-17-31(38)39)33(41)28-12-6-4-10-26(28)25-9-3-5-11-27(25)32(40)36-21-23-20-24(34)14-15-29(23)35/h2-15,20H,16-19,21H2,1H3,(H,36,40)(H,38,39). The Morgan fingerprint density at radius 2 is 1.45 bits per heavy atom. The summed E-state index contributed by atoms with van der Waals surface area (Å²) in [4.78, 5) is 40.0.